The number of ether oxygens (including phenoxy) is 1. The van der Waals surface area contributed by atoms with Crippen molar-refractivity contribution in [3.63, 3.8) is 0 Å². The van der Waals surface area contributed by atoms with Gasteiger partial charge in [0.2, 0.25) is 0 Å². The summed E-state index contributed by atoms with van der Waals surface area (Å²) in [6, 6.07) is 5.97. The predicted molar refractivity (Wildman–Crippen MR) is 58.4 cm³/mol. The minimum Gasteiger partial charge on any atom is -0.495 e. The fourth-order valence-corrected chi connectivity index (χ4v) is 1.19. The summed E-state index contributed by atoms with van der Waals surface area (Å²) in [5.41, 5.74) is 2.14. The van der Waals surface area contributed by atoms with Gasteiger partial charge in [0.15, 0.2) is 0 Å². The molecule has 0 amide bonds. The molecule has 0 radical (unpaired) electrons. The van der Waals surface area contributed by atoms with Gasteiger partial charge in [0, 0.05) is 0 Å². The number of methoxy groups -OCH3 is 1. The summed E-state index contributed by atoms with van der Waals surface area (Å²) in [7, 11) is 1.66. The molecular formula is C11H11BrO. The Labute approximate surface area is 87.2 Å². The Morgan fingerprint density at radius 1 is 1.46 bits per heavy atom. The van der Waals surface area contributed by atoms with E-state index in [0.29, 0.717) is 5.33 Å². The first-order valence-electron chi connectivity index (χ1n) is 3.97. The standard InChI is InChI=1S/C11H11BrO/c1-9-5-6-11(13-2)10(8-9)4-3-7-12/h5-6,8H,7H2,1-2H3. The molecule has 0 aliphatic heterocycles. The molecule has 13 heavy (non-hydrogen) atoms. The quantitative estimate of drug-likeness (QED) is 0.540. The Morgan fingerprint density at radius 2 is 2.23 bits per heavy atom. The Kier molecular flexibility index (Phi) is 3.85. The number of hydrogen-bond acceptors (Lipinski definition) is 1. The van der Waals surface area contributed by atoms with Crippen molar-refractivity contribution in [3.8, 4) is 17.6 Å². The second-order valence-electron chi connectivity index (χ2n) is 2.64. The molecule has 0 saturated carbocycles. The van der Waals surface area contributed by atoms with Gasteiger partial charge in [0.05, 0.1) is 18.0 Å². The predicted octanol–water partition coefficient (Wildman–Crippen LogP) is 2.75. The van der Waals surface area contributed by atoms with Crippen molar-refractivity contribution in [2.24, 2.45) is 0 Å². The zero-order valence-electron chi connectivity index (χ0n) is 7.73. The molecule has 68 valence electrons. The van der Waals surface area contributed by atoms with Gasteiger partial charge in [0.1, 0.15) is 5.75 Å². The average molecular weight is 239 g/mol. The summed E-state index contributed by atoms with van der Waals surface area (Å²) < 4.78 is 5.18. The van der Waals surface area contributed by atoms with E-state index in [9.17, 15) is 0 Å². The molecule has 0 aromatic heterocycles. The van der Waals surface area contributed by atoms with Gasteiger partial charge < -0.3 is 4.74 Å². The zero-order chi connectivity index (χ0) is 9.68. The minimum atomic E-state index is 0.685. The van der Waals surface area contributed by atoms with E-state index in [4.69, 9.17) is 4.74 Å². The van der Waals surface area contributed by atoms with Crippen LogP contribution >= 0.6 is 15.9 Å². The third-order valence-corrected chi connectivity index (χ3v) is 1.93. The van der Waals surface area contributed by atoms with Gasteiger partial charge in [-0.3, -0.25) is 0 Å². The highest BCUT2D eigenvalue weighted by atomic mass is 79.9. The molecule has 0 heterocycles. The van der Waals surface area contributed by atoms with E-state index in [1.165, 1.54) is 5.56 Å². The Hall–Kier alpha value is -0.940. The van der Waals surface area contributed by atoms with Crippen LogP contribution in [0.15, 0.2) is 18.2 Å². The normalized spacial score (nSPS) is 8.85. The van der Waals surface area contributed by atoms with Gasteiger partial charge in [-0.15, -0.1) is 0 Å². The zero-order valence-corrected chi connectivity index (χ0v) is 9.31. The number of alkyl halides is 1. The van der Waals surface area contributed by atoms with E-state index in [1.54, 1.807) is 7.11 Å². The van der Waals surface area contributed by atoms with Crippen molar-refractivity contribution in [1.82, 2.24) is 0 Å². The van der Waals surface area contributed by atoms with Crippen LogP contribution < -0.4 is 4.74 Å². The molecule has 0 bridgehead atoms. The smallest absolute Gasteiger partial charge is 0.134 e. The lowest BCUT2D eigenvalue weighted by atomic mass is 10.1. The second-order valence-corrected chi connectivity index (χ2v) is 3.20. The van der Waals surface area contributed by atoms with Gasteiger partial charge in [0.25, 0.3) is 0 Å². The van der Waals surface area contributed by atoms with Gasteiger partial charge in [-0.2, -0.15) is 0 Å². The highest BCUT2D eigenvalue weighted by Crippen LogP contribution is 2.18. The topological polar surface area (TPSA) is 9.23 Å². The molecule has 0 unspecified atom stereocenters. The maximum atomic E-state index is 5.18. The van der Waals surface area contributed by atoms with E-state index in [-0.39, 0.29) is 0 Å². The molecule has 2 heteroatoms. The first kappa shape index (κ1) is 10.1. The Bertz CT molecular complexity index is 347. The highest BCUT2D eigenvalue weighted by molar-refractivity contribution is 9.09. The third kappa shape index (κ3) is 2.78. The molecule has 0 atom stereocenters. The molecule has 1 nitrogen and oxygen atoms in total. The molecule has 0 saturated heterocycles. The third-order valence-electron chi connectivity index (χ3n) is 1.64. The van der Waals surface area contributed by atoms with Gasteiger partial charge in [-0.25, -0.2) is 0 Å². The van der Waals surface area contributed by atoms with E-state index in [2.05, 4.69) is 27.8 Å². The Balaban J connectivity index is 3.08. The van der Waals surface area contributed by atoms with Crippen LogP contribution in [0.1, 0.15) is 11.1 Å². The summed E-state index contributed by atoms with van der Waals surface area (Å²) in [5.74, 6) is 6.82. The number of aryl methyl sites for hydroxylation is 1. The molecular weight excluding hydrogens is 228 g/mol. The van der Waals surface area contributed by atoms with Crippen molar-refractivity contribution >= 4 is 15.9 Å². The molecule has 1 rings (SSSR count). The summed E-state index contributed by atoms with van der Waals surface area (Å²) >= 11 is 3.26. The minimum absolute atomic E-state index is 0.685. The maximum Gasteiger partial charge on any atom is 0.134 e. The molecule has 1 aromatic rings. The van der Waals surface area contributed by atoms with Crippen molar-refractivity contribution in [2.75, 3.05) is 12.4 Å². The lowest BCUT2D eigenvalue weighted by molar-refractivity contribution is 0.413. The average Bonchev–Trinajstić information content (AvgIpc) is 2.15. The van der Waals surface area contributed by atoms with Crippen LogP contribution in [0.5, 0.6) is 5.75 Å². The molecule has 0 aliphatic carbocycles. The molecule has 0 spiro atoms. The summed E-state index contributed by atoms with van der Waals surface area (Å²) in [5, 5.41) is 0.685. The number of hydrogen-bond donors (Lipinski definition) is 0. The largest absolute Gasteiger partial charge is 0.495 e. The van der Waals surface area contributed by atoms with E-state index in [0.717, 1.165) is 11.3 Å². The van der Waals surface area contributed by atoms with Gasteiger partial charge in [-0.05, 0) is 24.6 Å². The monoisotopic (exact) mass is 238 g/mol. The summed E-state index contributed by atoms with van der Waals surface area (Å²) in [4.78, 5) is 0. The lowest BCUT2D eigenvalue weighted by Gasteiger charge is -2.03. The van der Waals surface area contributed by atoms with Crippen LogP contribution in [0.3, 0.4) is 0 Å². The van der Waals surface area contributed by atoms with Crippen molar-refractivity contribution in [3.05, 3.63) is 29.3 Å². The fraction of sp³-hybridized carbons (Fsp3) is 0.273. The number of rotatable bonds is 1. The summed E-state index contributed by atoms with van der Waals surface area (Å²) in [6.45, 7) is 2.04. The van der Waals surface area contributed by atoms with Crippen LogP contribution in [-0.2, 0) is 0 Å². The number of benzene rings is 1. The van der Waals surface area contributed by atoms with Crippen molar-refractivity contribution < 1.29 is 4.74 Å². The van der Waals surface area contributed by atoms with E-state index < -0.39 is 0 Å². The lowest BCUT2D eigenvalue weighted by Crippen LogP contribution is -1.88. The SMILES string of the molecule is COc1ccc(C)cc1C#CCBr. The van der Waals surface area contributed by atoms with Crippen molar-refractivity contribution in [2.45, 2.75) is 6.92 Å². The van der Waals surface area contributed by atoms with E-state index >= 15 is 0 Å². The fourth-order valence-electron chi connectivity index (χ4n) is 1.05. The first-order valence-corrected chi connectivity index (χ1v) is 5.09. The van der Waals surface area contributed by atoms with Crippen LogP contribution in [0.4, 0.5) is 0 Å². The van der Waals surface area contributed by atoms with Crippen LogP contribution in [0.2, 0.25) is 0 Å². The highest BCUT2D eigenvalue weighted by Gasteiger charge is 1.98. The molecule has 0 fully saturated rings. The van der Waals surface area contributed by atoms with E-state index in [1.807, 2.05) is 25.1 Å². The second kappa shape index (κ2) is 4.94. The van der Waals surface area contributed by atoms with Crippen molar-refractivity contribution in [1.29, 1.82) is 0 Å². The van der Waals surface area contributed by atoms with Crippen LogP contribution in [-0.4, -0.2) is 12.4 Å². The molecule has 1 aromatic carbocycles. The van der Waals surface area contributed by atoms with Gasteiger partial charge in [-0.1, -0.05) is 33.8 Å². The van der Waals surface area contributed by atoms with Gasteiger partial charge >= 0.3 is 0 Å². The molecule has 0 aliphatic rings. The van der Waals surface area contributed by atoms with Crippen LogP contribution in [0.25, 0.3) is 0 Å². The first-order chi connectivity index (χ1) is 6.27. The summed E-state index contributed by atoms with van der Waals surface area (Å²) in [6.07, 6.45) is 0. The Morgan fingerprint density at radius 3 is 2.85 bits per heavy atom. The van der Waals surface area contributed by atoms with Crippen LogP contribution in [0, 0.1) is 18.8 Å². The maximum absolute atomic E-state index is 5.18. The molecule has 0 N–H and O–H groups in total. The number of halogens is 1.